The topological polar surface area (TPSA) is 80.4 Å². The number of aromatic nitrogens is 4. The van der Waals surface area contributed by atoms with Gasteiger partial charge in [0.15, 0.2) is 5.65 Å². The van der Waals surface area contributed by atoms with Crippen molar-refractivity contribution in [2.45, 2.75) is 45.4 Å². The molecule has 2 aromatic rings. The van der Waals surface area contributed by atoms with Gasteiger partial charge in [-0.15, -0.1) is 10.2 Å². The minimum atomic E-state index is -0.714. The highest BCUT2D eigenvalue weighted by molar-refractivity contribution is 5.75. The predicted octanol–water partition coefficient (Wildman–Crippen LogP) is 2.01. The minimum absolute atomic E-state index is 0.425. The van der Waals surface area contributed by atoms with Gasteiger partial charge in [0.05, 0.1) is 5.41 Å². The van der Waals surface area contributed by atoms with Crippen molar-refractivity contribution in [3.63, 3.8) is 0 Å². The van der Waals surface area contributed by atoms with Crippen LogP contribution in [0.4, 0.5) is 0 Å². The third kappa shape index (κ3) is 2.15. The van der Waals surface area contributed by atoms with E-state index in [4.69, 9.17) is 0 Å². The summed E-state index contributed by atoms with van der Waals surface area (Å²) in [6, 6.07) is 1.85. The summed E-state index contributed by atoms with van der Waals surface area (Å²) in [5, 5.41) is 17.9. The summed E-state index contributed by atoms with van der Waals surface area (Å²) in [6.45, 7) is 1.90. The van der Waals surface area contributed by atoms with Crippen LogP contribution in [0.5, 0.6) is 0 Å². The molecule has 1 N–H and O–H groups in total. The molecular weight excluding hydrogens is 256 g/mol. The van der Waals surface area contributed by atoms with Crippen molar-refractivity contribution in [3.8, 4) is 0 Å². The number of fused-ring (bicyclic) bond motifs is 1. The highest BCUT2D eigenvalue weighted by Crippen LogP contribution is 2.39. The average Bonchev–Trinajstić information content (AvgIpc) is 2.82. The van der Waals surface area contributed by atoms with Crippen LogP contribution in [-0.4, -0.2) is 30.7 Å². The molecule has 20 heavy (non-hydrogen) atoms. The van der Waals surface area contributed by atoms with Crippen molar-refractivity contribution in [1.29, 1.82) is 0 Å². The van der Waals surface area contributed by atoms with Crippen LogP contribution < -0.4 is 0 Å². The third-order valence-electron chi connectivity index (χ3n) is 4.27. The second-order valence-electron chi connectivity index (χ2n) is 5.70. The number of carboxylic acid groups (broad SMARTS) is 1. The maximum Gasteiger partial charge on any atom is 0.310 e. The Kier molecular flexibility index (Phi) is 3.16. The number of hydrogen-bond acceptors (Lipinski definition) is 4. The Bertz CT molecular complexity index is 644. The maximum atomic E-state index is 11.7. The molecular formula is C14H18N4O2. The van der Waals surface area contributed by atoms with Gasteiger partial charge < -0.3 is 5.11 Å². The fourth-order valence-corrected chi connectivity index (χ4v) is 3.05. The molecule has 0 aliphatic heterocycles. The van der Waals surface area contributed by atoms with Crippen molar-refractivity contribution in [2.24, 2.45) is 5.41 Å². The van der Waals surface area contributed by atoms with E-state index in [0.29, 0.717) is 12.2 Å². The Morgan fingerprint density at radius 3 is 2.80 bits per heavy atom. The lowest BCUT2D eigenvalue weighted by Crippen LogP contribution is -2.36. The second-order valence-corrected chi connectivity index (χ2v) is 5.70. The number of carboxylic acids is 1. The van der Waals surface area contributed by atoms with Crippen molar-refractivity contribution in [3.05, 3.63) is 23.9 Å². The van der Waals surface area contributed by atoms with E-state index in [2.05, 4.69) is 15.2 Å². The monoisotopic (exact) mass is 274 g/mol. The van der Waals surface area contributed by atoms with Crippen LogP contribution in [0.25, 0.3) is 5.65 Å². The van der Waals surface area contributed by atoms with Crippen LogP contribution in [0.1, 0.15) is 43.6 Å². The van der Waals surface area contributed by atoms with Gasteiger partial charge in [0.2, 0.25) is 0 Å². The molecule has 106 valence electrons. The Balaban J connectivity index is 1.96. The van der Waals surface area contributed by atoms with E-state index in [1.54, 1.807) is 10.7 Å². The Hall–Kier alpha value is -1.98. The van der Waals surface area contributed by atoms with E-state index in [1.807, 2.05) is 13.0 Å². The summed E-state index contributed by atoms with van der Waals surface area (Å²) < 4.78 is 1.80. The molecule has 6 heteroatoms. The highest BCUT2D eigenvalue weighted by atomic mass is 16.4. The van der Waals surface area contributed by atoms with Gasteiger partial charge in [-0.1, -0.05) is 19.3 Å². The standard InChI is InChI=1S/C14H18N4O2/c1-10-7-11-16-17-12(18(11)9-15-10)8-14(13(19)20)5-3-2-4-6-14/h7,9H,2-6,8H2,1H3,(H,19,20). The first-order chi connectivity index (χ1) is 9.61. The van der Waals surface area contributed by atoms with Crippen molar-refractivity contribution in [1.82, 2.24) is 19.6 Å². The van der Waals surface area contributed by atoms with E-state index in [9.17, 15) is 9.90 Å². The quantitative estimate of drug-likeness (QED) is 0.926. The zero-order valence-electron chi connectivity index (χ0n) is 11.5. The number of hydrogen-bond donors (Lipinski definition) is 1. The first kappa shape index (κ1) is 13.0. The summed E-state index contributed by atoms with van der Waals surface area (Å²) in [6.07, 6.45) is 6.61. The lowest BCUT2D eigenvalue weighted by atomic mass is 9.71. The summed E-state index contributed by atoms with van der Waals surface area (Å²) >= 11 is 0. The molecule has 0 saturated heterocycles. The molecule has 0 atom stereocenters. The van der Waals surface area contributed by atoms with E-state index >= 15 is 0 Å². The number of aryl methyl sites for hydroxylation is 1. The molecule has 0 amide bonds. The molecule has 1 aliphatic rings. The van der Waals surface area contributed by atoms with Gasteiger partial charge in [-0.25, -0.2) is 4.98 Å². The third-order valence-corrected chi connectivity index (χ3v) is 4.27. The molecule has 0 aromatic carbocycles. The van der Waals surface area contributed by atoms with Crippen LogP contribution in [0.15, 0.2) is 12.4 Å². The number of carbonyl (C=O) groups is 1. The van der Waals surface area contributed by atoms with Gasteiger partial charge in [-0.05, 0) is 19.8 Å². The smallest absolute Gasteiger partial charge is 0.310 e. The fourth-order valence-electron chi connectivity index (χ4n) is 3.05. The zero-order valence-corrected chi connectivity index (χ0v) is 11.5. The Labute approximate surface area is 116 Å². The first-order valence-corrected chi connectivity index (χ1v) is 7.00. The fraction of sp³-hybridized carbons (Fsp3) is 0.571. The second kappa shape index (κ2) is 4.85. The Morgan fingerprint density at radius 2 is 2.10 bits per heavy atom. The molecule has 6 nitrogen and oxygen atoms in total. The number of nitrogens with zero attached hydrogens (tertiary/aromatic N) is 4. The predicted molar refractivity (Wildman–Crippen MR) is 72.4 cm³/mol. The van der Waals surface area contributed by atoms with E-state index in [-0.39, 0.29) is 0 Å². The van der Waals surface area contributed by atoms with Crippen molar-refractivity contribution in [2.75, 3.05) is 0 Å². The lowest BCUT2D eigenvalue weighted by molar-refractivity contribution is -0.151. The van der Waals surface area contributed by atoms with Crippen LogP contribution in [-0.2, 0) is 11.2 Å². The summed E-state index contributed by atoms with van der Waals surface area (Å²) in [7, 11) is 0. The zero-order chi connectivity index (χ0) is 14.2. The molecule has 1 saturated carbocycles. The molecule has 0 spiro atoms. The molecule has 0 radical (unpaired) electrons. The van der Waals surface area contributed by atoms with Crippen LogP contribution in [0.3, 0.4) is 0 Å². The summed E-state index contributed by atoms with van der Waals surface area (Å²) in [5.41, 5.74) is 0.914. The van der Waals surface area contributed by atoms with Crippen molar-refractivity contribution >= 4 is 11.6 Å². The summed E-state index contributed by atoms with van der Waals surface area (Å²) in [4.78, 5) is 16.0. The molecule has 2 aromatic heterocycles. The van der Waals surface area contributed by atoms with E-state index in [1.165, 1.54) is 0 Å². The number of rotatable bonds is 3. The van der Waals surface area contributed by atoms with Gasteiger partial charge in [-0.3, -0.25) is 9.20 Å². The Morgan fingerprint density at radius 1 is 1.35 bits per heavy atom. The minimum Gasteiger partial charge on any atom is -0.481 e. The molecule has 1 aliphatic carbocycles. The van der Waals surface area contributed by atoms with Gasteiger partial charge >= 0.3 is 5.97 Å². The molecule has 0 unspecified atom stereocenters. The van der Waals surface area contributed by atoms with Crippen LogP contribution >= 0.6 is 0 Å². The van der Waals surface area contributed by atoms with Gasteiger partial charge in [0, 0.05) is 18.2 Å². The molecule has 0 bridgehead atoms. The average molecular weight is 274 g/mol. The van der Waals surface area contributed by atoms with E-state index in [0.717, 1.165) is 43.4 Å². The lowest BCUT2D eigenvalue weighted by Gasteiger charge is -2.32. The van der Waals surface area contributed by atoms with Gasteiger partial charge in [0.25, 0.3) is 0 Å². The van der Waals surface area contributed by atoms with Crippen molar-refractivity contribution < 1.29 is 9.90 Å². The SMILES string of the molecule is Cc1cc2nnc(CC3(C(=O)O)CCCCC3)n2cn1. The maximum absolute atomic E-state index is 11.7. The van der Waals surface area contributed by atoms with E-state index < -0.39 is 11.4 Å². The van der Waals surface area contributed by atoms with Crippen LogP contribution in [0, 0.1) is 12.3 Å². The van der Waals surface area contributed by atoms with Gasteiger partial charge in [0.1, 0.15) is 12.2 Å². The highest BCUT2D eigenvalue weighted by Gasteiger charge is 2.40. The normalized spacial score (nSPS) is 18.2. The first-order valence-electron chi connectivity index (χ1n) is 7.00. The largest absolute Gasteiger partial charge is 0.481 e. The molecule has 3 rings (SSSR count). The molecule has 1 fully saturated rings. The molecule has 2 heterocycles. The van der Waals surface area contributed by atoms with Crippen LogP contribution in [0.2, 0.25) is 0 Å². The number of aliphatic carboxylic acids is 1. The summed E-state index contributed by atoms with van der Waals surface area (Å²) in [5.74, 6) is -0.0224. The van der Waals surface area contributed by atoms with Gasteiger partial charge in [-0.2, -0.15) is 0 Å².